The summed E-state index contributed by atoms with van der Waals surface area (Å²) >= 11 is 3.09. The van der Waals surface area contributed by atoms with Gasteiger partial charge >= 0.3 is 0 Å². The molecule has 3 aromatic rings. The van der Waals surface area contributed by atoms with Gasteiger partial charge in [-0.3, -0.25) is 10.1 Å². The molecule has 0 unspecified atom stereocenters. The van der Waals surface area contributed by atoms with E-state index in [1.165, 1.54) is 11.3 Å². The first kappa shape index (κ1) is 15.8. The molecule has 2 aromatic carbocycles. The highest BCUT2D eigenvalue weighted by molar-refractivity contribution is 7.99. The van der Waals surface area contributed by atoms with Crippen molar-refractivity contribution in [1.29, 1.82) is 0 Å². The average Bonchev–Trinajstić information content (AvgIpc) is 2.97. The Balaban J connectivity index is 1.89. The molecular formula is C17H16N2O2S2. The number of benzene rings is 2. The quantitative estimate of drug-likeness (QED) is 0.683. The smallest absolute Gasteiger partial charge is 0.258 e. The largest absolute Gasteiger partial charge is 0.494 e. The maximum absolute atomic E-state index is 12.6. The lowest BCUT2D eigenvalue weighted by molar-refractivity contribution is 0.102. The molecule has 118 valence electrons. The SMILES string of the molecule is CCSc1ccccc1C(=O)Nc1nc2c(OC)cccc2s1. The summed E-state index contributed by atoms with van der Waals surface area (Å²) in [5.74, 6) is 1.49. The lowest BCUT2D eigenvalue weighted by Crippen LogP contribution is -2.12. The Morgan fingerprint density at radius 3 is 2.87 bits per heavy atom. The van der Waals surface area contributed by atoms with E-state index in [9.17, 15) is 4.79 Å². The summed E-state index contributed by atoms with van der Waals surface area (Å²) in [6.45, 7) is 2.07. The molecular weight excluding hydrogens is 328 g/mol. The third kappa shape index (κ3) is 3.33. The van der Waals surface area contributed by atoms with E-state index in [2.05, 4.69) is 17.2 Å². The third-order valence-corrected chi connectivity index (χ3v) is 5.15. The number of ether oxygens (including phenoxy) is 1. The van der Waals surface area contributed by atoms with Gasteiger partial charge in [-0.05, 0) is 30.0 Å². The van der Waals surface area contributed by atoms with Crippen LogP contribution in [0.2, 0.25) is 0 Å². The number of hydrogen-bond acceptors (Lipinski definition) is 5. The van der Waals surface area contributed by atoms with Crippen LogP contribution >= 0.6 is 23.1 Å². The Morgan fingerprint density at radius 2 is 2.09 bits per heavy atom. The van der Waals surface area contributed by atoms with Crippen LogP contribution in [0.25, 0.3) is 10.2 Å². The van der Waals surface area contributed by atoms with Gasteiger partial charge in [-0.25, -0.2) is 4.98 Å². The number of fused-ring (bicyclic) bond motifs is 1. The van der Waals surface area contributed by atoms with E-state index in [4.69, 9.17) is 4.74 Å². The van der Waals surface area contributed by atoms with Gasteiger partial charge in [-0.1, -0.05) is 36.5 Å². The van der Waals surface area contributed by atoms with Crippen molar-refractivity contribution in [3.8, 4) is 5.75 Å². The number of thiazole rings is 1. The molecule has 6 heteroatoms. The Morgan fingerprint density at radius 1 is 1.26 bits per heavy atom. The number of nitrogens with one attached hydrogen (secondary N) is 1. The maximum Gasteiger partial charge on any atom is 0.258 e. The fourth-order valence-electron chi connectivity index (χ4n) is 2.24. The monoisotopic (exact) mass is 344 g/mol. The number of carbonyl (C=O) groups excluding carboxylic acids is 1. The first-order valence-corrected chi connectivity index (χ1v) is 9.00. The highest BCUT2D eigenvalue weighted by Gasteiger charge is 2.14. The highest BCUT2D eigenvalue weighted by Crippen LogP contribution is 2.32. The Bertz CT molecular complexity index is 845. The summed E-state index contributed by atoms with van der Waals surface area (Å²) < 4.78 is 6.29. The minimum atomic E-state index is -0.139. The molecule has 0 fully saturated rings. The van der Waals surface area contributed by atoms with E-state index in [0.29, 0.717) is 16.4 Å². The highest BCUT2D eigenvalue weighted by atomic mass is 32.2. The van der Waals surface area contributed by atoms with Crippen molar-refractivity contribution in [1.82, 2.24) is 4.98 Å². The van der Waals surface area contributed by atoms with Gasteiger partial charge in [-0.2, -0.15) is 0 Å². The molecule has 0 saturated heterocycles. The molecule has 0 spiro atoms. The standard InChI is InChI=1S/C17H16N2O2S2/c1-3-22-13-9-5-4-7-11(13)16(20)19-17-18-15-12(21-2)8-6-10-14(15)23-17/h4-10H,3H2,1-2H3,(H,18,19,20). The van der Waals surface area contributed by atoms with Crippen molar-refractivity contribution < 1.29 is 9.53 Å². The van der Waals surface area contributed by atoms with Gasteiger partial charge in [0.05, 0.1) is 17.4 Å². The molecule has 3 rings (SSSR count). The number of aromatic nitrogens is 1. The summed E-state index contributed by atoms with van der Waals surface area (Å²) in [7, 11) is 1.62. The topological polar surface area (TPSA) is 51.2 Å². The van der Waals surface area contributed by atoms with Crippen molar-refractivity contribution in [3.63, 3.8) is 0 Å². The van der Waals surface area contributed by atoms with Crippen LogP contribution in [0.3, 0.4) is 0 Å². The molecule has 0 aliphatic heterocycles. The van der Waals surface area contributed by atoms with Crippen molar-refractivity contribution in [2.75, 3.05) is 18.2 Å². The molecule has 0 atom stereocenters. The third-order valence-electron chi connectivity index (χ3n) is 3.25. The lowest BCUT2D eigenvalue weighted by Gasteiger charge is -2.07. The van der Waals surface area contributed by atoms with Gasteiger partial charge in [0.2, 0.25) is 0 Å². The molecule has 23 heavy (non-hydrogen) atoms. The van der Waals surface area contributed by atoms with Crippen LogP contribution in [0.1, 0.15) is 17.3 Å². The second kappa shape index (κ2) is 7.02. The van der Waals surface area contributed by atoms with Gasteiger partial charge in [-0.15, -0.1) is 11.8 Å². The van der Waals surface area contributed by atoms with Crippen molar-refractivity contribution in [2.45, 2.75) is 11.8 Å². The minimum absolute atomic E-state index is 0.139. The van der Waals surface area contributed by atoms with Crippen LogP contribution in [0.4, 0.5) is 5.13 Å². The van der Waals surface area contributed by atoms with Crippen molar-refractivity contribution in [2.24, 2.45) is 0 Å². The second-order valence-corrected chi connectivity index (χ2v) is 7.05. The van der Waals surface area contributed by atoms with E-state index in [1.54, 1.807) is 18.9 Å². The average molecular weight is 344 g/mol. The molecule has 1 aromatic heterocycles. The Labute approximate surface area is 142 Å². The normalized spacial score (nSPS) is 10.7. The number of anilines is 1. The fraction of sp³-hybridized carbons (Fsp3) is 0.176. The zero-order valence-corrected chi connectivity index (χ0v) is 14.5. The molecule has 0 radical (unpaired) electrons. The summed E-state index contributed by atoms with van der Waals surface area (Å²) in [6.07, 6.45) is 0. The lowest BCUT2D eigenvalue weighted by atomic mass is 10.2. The van der Waals surface area contributed by atoms with Crippen LogP contribution in [-0.4, -0.2) is 23.8 Å². The molecule has 4 nitrogen and oxygen atoms in total. The number of thioether (sulfide) groups is 1. The van der Waals surface area contributed by atoms with Gasteiger partial charge in [0.1, 0.15) is 11.3 Å². The van der Waals surface area contributed by atoms with E-state index in [-0.39, 0.29) is 5.91 Å². The van der Waals surface area contributed by atoms with E-state index < -0.39 is 0 Å². The second-order valence-electron chi connectivity index (χ2n) is 4.71. The molecule has 0 bridgehead atoms. The van der Waals surface area contributed by atoms with E-state index in [1.807, 2.05) is 42.5 Å². The predicted molar refractivity (Wildman–Crippen MR) is 97.0 cm³/mol. The number of para-hydroxylation sites is 1. The first-order chi connectivity index (χ1) is 11.2. The van der Waals surface area contributed by atoms with Gasteiger partial charge in [0, 0.05) is 4.90 Å². The summed E-state index contributed by atoms with van der Waals surface area (Å²) in [6, 6.07) is 13.4. The van der Waals surface area contributed by atoms with Crippen LogP contribution in [0.15, 0.2) is 47.4 Å². The predicted octanol–water partition coefficient (Wildman–Crippen LogP) is 4.67. The van der Waals surface area contributed by atoms with Gasteiger partial charge < -0.3 is 4.74 Å². The van der Waals surface area contributed by atoms with E-state index >= 15 is 0 Å². The minimum Gasteiger partial charge on any atom is -0.494 e. The molecule has 1 N–H and O–H groups in total. The number of carbonyl (C=O) groups is 1. The van der Waals surface area contributed by atoms with E-state index in [0.717, 1.165) is 20.9 Å². The zero-order chi connectivity index (χ0) is 16.2. The number of rotatable bonds is 5. The molecule has 1 heterocycles. The Kier molecular flexibility index (Phi) is 4.83. The van der Waals surface area contributed by atoms with Crippen LogP contribution < -0.4 is 10.1 Å². The molecule has 1 amide bonds. The number of amides is 1. The molecule has 0 aliphatic carbocycles. The van der Waals surface area contributed by atoms with Gasteiger partial charge in [0.25, 0.3) is 5.91 Å². The fourth-order valence-corrected chi connectivity index (χ4v) is 3.92. The Hall–Kier alpha value is -2.05. The zero-order valence-electron chi connectivity index (χ0n) is 12.8. The maximum atomic E-state index is 12.6. The van der Waals surface area contributed by atoms with Crippen molar-refractivity contribution >= 4 is 44.4 Å². The van der Waals surface area contributed by atoms with Crippen molar-refractivity contribution in [3.05, 3.63) is 48.0 Å². The number of methoxy groups -OCH3 is 1. The summed E-state index contributed by atoms with van der Waals surface area (Å²) in [5.41, 5.74) is 1.44. The summed E-state index contributed by atoms with van der Waals surface area (Å²) in [4.78, 5) is 18.0. The first-order valence-electron chi connectivity index (χ1n) is 7.19. The van der Waals surface area contributed by atoms with Crippen LogP contribution in [0.5, 0.6) is 5.75 Å². The van der Waals surface area contributed by atoms with Crippen LogP contribution in [0, 0.1) is 0 Å². The summed E-state index contributed by atoms with van der Waals surface area (Å²) in [5, 5.41) is 3.47. The number of hydrogen-bond donors (Lipinski definition) is 1. The van der Waals surface area contributed by atoms with Crippen LogP contribution in [-0.2, 0) is 0 Å². The molecule has 0 saturated carbocycles. The molecule has 0 aliphatic rings. The van der Waals surface area contributed by atoms with Gasteiger partial charge in [0.15, 0.2) is 5.13 Å². The number of nitrogens with zero attached hydrogens (tertiary/aromatic N) is 1.